The van der Waals surface area contributed by atoms with E-state index in [2.05, 4.69) is 0 Å². The SMILES string of the molecule is CN1C(=O)[C@@]2(C)[C@@H]3CC[C@@H](O3)[C@@]2(C)C1=O.C[C@@]12C(=O)N(O)C(=O)[C@]1(C)[C@H]1CC[C@@H]2O1.C[C@@]12C(=O)OC(=O)[C@]1(C)[C@H]1CC[C@@H]2O1.C[C@]1(C(=O)[O-])[C@@H]2CC[C@@H](O2)[C@@]1(C)C(=O)[O-].[Na+].[Na+]. The van der Waals surface area contributed by atoms with E-state index in [1.54, 1.807) is 34.7 Å². The Morgan fingerprint density at radius 2 is 0.705 bits per heavy atom. The molecule has 16 atom stereocenters. The minimum Gasteiger partial charge on any atom is -0.549 e. The van der Waals surface area contributed by atoms with E-state index in [0.29, 0.717) is 12.8 Å². The van der Waals surface area contributed by atoms with E-state index in [-0.39, 0.29) is 113 Å². The van der Waals surface area contributed by atoms with Crippen LogP contribution >= 0.6 is 0 Å². The van der Waals surface area contributed by atoms with Gasteiger partial charge in [-0.05, 0) is 92.9 Å². The molecule has 324 valence electrons. The smallest absolute Gasteiger partial charge is 0.549 e. The van der Waals surface area contributed by atoms with Crippen LogP contribution in [0.3, 0.4) is 0 Å². The van der Waals surface area contributed by atoms with E-state index in [1.165, 1.54) is 18.7 Å². The molecule has 18 nitrogen and oxygen atoms in total. The van der Waals surface area contributed by atoms with Crippen molar-refractivity contribution >= 4 is 47.5 Å². The summed E-state index contributed by atoms with van der Waals surface area (Å²) in [4.78, 5) is 95.0. The van der Waals surface area contributed by atoms with Crippen molar-refractivity contribution in [2.45, 2.75) is 156 Å². The van der Waals surface area contributed by atoms with E-state index in [1.807, 2.05) is 13.8 Å². The van der Waals surface area contributed by atoms with E-state index in [4.69, 9.17) is 23.7 Å². The summed E-state index contributed by atoms with van der Waals surface area (Å²) in [6.45, 7) is 13.6. The number of aliphatic carboxylic acids is 2. The summed E-state index contributed by atoms with van der Waals surface area (Å²) in [7, 11) is 1.58. The van der Waals surface area contributed by atoms with Gasteiger partial charge in [-0.15, -0.1) is 0 Å². The summed E-state index contributed by atoms with van der Waals surface area (Å²) in [5.41, 5.74) is -7.46. The number of fused-ring (bicyclic) bond motifs is 17. The third kappa shape index (κ3) is 5.29. The van der Waals surface area contributed by atoms with Gasteiger partial charge in [-0.25, -0.2) is 0 Å². The maximum absolute atomic E-state index is 12.1. The van der Waals surface area contributed by atoms with Crippen LogP contribution in [0.25, 0.3) is 0 Å². The largest absolute Gasteiger partial charge is 1.00 e. The molecule has 8 bridgehead atoms. The molecule has 0 spiro atoms. The Morgan fingerprint density at radius 1 is 0.475 bits per heavy atom. The monoisotopic (exact) mass is 874 g/mol. The molecule has 0 aliphatic carbocycles. The fourth-order valence-electron chi connectivity index (χ4n) is 13.1. The Balaban J connectivity index is 0.000000135. The van der Waals surface area contributed by atoms with Crippen LogP contribution in [-0.2, 0) is 62.0 Å². The second-order valence-electron chi connectivity index (χ2n) is 19.7. The summed E-state index contributed by atoms with van der Waals surface area (Å²) in [6.07, 6.45) is 4.29. The number of likely N-dealkylation sites (tertiary alicyclic amines) is 1. The van der Waals surface area contributed by atoms with E-state index in [0.717, 1.165) is 38.5 Å². The fraction of sp³-hybridized carbons (Fsp3) is 0.805. The third-order valence-electron chi connectivity index (χ3n) is 18.2. The van der Waals surface area contributed by atoms with Crippen LogP contribution in [0, 0.1) is 43.3 Å². The van der Waals surface area contributed by atoms with Crippen LogP contribution in [0.5, 0.6) is 0 Å². The summed E-state index contributed by atoms with van der Waals surface area (Å²) < 4.78 is 27.2. The van der Waals surface area contributed by atoms with Gasteiger partial charge in [0.1, 0.15) is 10.8 Å². The molecule has 11 aliphatic heterocycles. The van der Waals surface area contributed by atoms with Gasteiger partial charge in [0, 0.05) is 17.9 Å². The first-order valence-corrected chi connectivity index (χ1v) is 20.5. The molecule has 0 radical (unpaired) electrons. The topological polar surface area (TPSA) is 256 Å². The number of cyclic esters (lactones) is 2. The molecule has 20 heteroatoms. The van der Waals surface area contributed by atoms with Crippen LogP contribution in [0.2, 0.25) is 0 Å². The molecule has 11 aliphatic rings. The van der Waals surface area contributed by atoms with Crippen LogP contribution < -0.4 is 69.3 Å². The molecular formula is C41H52N2Na2O16. The van der Waals surface area contributed by atoms with Gasteiger partial charge in [0.2, 0.25) is 11.8 Å². The average Bonchev–Trinajstić information content (AvgIpc) is 4.08. The van der Waals surface area contributed by atoms with Gasteiger partial charge in [0.05, 0.1) is 82.4 Å². The molecule has 0 aromatic heterocycles. The van der Waals surface area contributed by atoms with Gasteiger partial charge in [-0.1, -0.05) is 13.8 Å². The predicted octanol–water partition coefficient (Wildman–Crippen LogP) is -6.41. The molecule has 0 aromatic carbocycles. The molecule has 0 aromatic rings. The number of imide groups is 2. The zero-order chi connectivity index (χ0) is 43.6. The van der Waals surface area contributed by atoms with Gasteiger partial charge in [0.15, 0.2) is 0 Å². The quantitative estimate of drug-likeness (QED) is 0.0890. The van der Waals surface area contributed by atoms with Gasteiger partial charge < -0.3 is 43.5 Å². The number of nitrogens with zero attached hydrogens (tertiary/aromatic N) is 2. The Hall–Kier alpha value is -1.84. The summed E-state index contributed by atoms with van der Waals surface area (Å²) >= 11 is 0. The molecule has 61 heavy (non-hydrogen) atoms. The van der Waals surface area contributed by atoms with Crippen molar-refractivity contribution in [2.75, 3.05) is 7.05 Å². The predicted molar refractivity (Wildman–Crippen MR) is 189 cm³/mol. The molecule has 11 saturated heterocycles. The molecule has 0 saturated carbocycles. The molecular weight excluding hydrogens is 822 g/mol. The number of carboxylic acids is 2. The zero-order valence-electron chi connectivity index (χ0n) is 36.7. The number of hydroxylamine groups is 2. The van der Waals surface area contributed by atoms with Gasteiger partial charge >= 0.3 is 71.1 Å². The van der Waals surface area contributed by atoms with E-state index in [9.17, 15) is 53.8 Å². The second kappa shape index (κ2) is 14.8. The van der Waals surface area contributed by atoms with Crippen molar-refractivity contribution in [2.24, 2.45) is 43.3 Å². The Labute approximate surface area is 397 Å². The molecule has 11 fully saturated rings. The maximum atomic E-state index is 12.1. The fourth-order valence-corrected chi connectivity index (χ4v) is 13.1. The van der Waals surface area contributed by atoms with E-state index >= 15 is 0 Å². The Bertz CT molecular complexity index is 1790. The minimum absolute atomic E-state index is 0. The maximum Gasteiger partial charge on any atom is 1.00 e. The summed E-state index contributed by atoms with van der Waals surface area (Å²) in [6, 6.07) is 0. The molecule has 1 N–H and O–H groups in total. The average molecular weight is 875 g/mol. The van der Waals surface area contributed by atoms with Crippen molar-refractivity contribution in [3.05, 3.63) is 0 Å². The van der Waals surface area contributed by atoms with Crippen molar-refractivity contribution in [1.82, 2.24) is 9.96 Å². The van der Waals surface area contributed by atoms with Crippen LogP contribution in [0.15, 0.2) is 0 Å². The summed E-state index contributed by atoms with van der Waals surface area (Å²) in [5.74, 6) is -4.72. The standard InChI is InChI=1S/C11H15NO3.C10H13NO4.C10H14O5.C10H12O4.2Na/c1-10-6-4-5-7(15-6)11(10,2)9(14)12(3)8(10)13;1-9-5-3-4-6(15-5)10(9,2)8(13)11(14)7(9)12;1-9(7(11)12)5-3-4-6(15-5)10(9,2)8(13)14;1-9-5-3-4-6(13-5)10(9,2)8(12)14-7(9)11;;/h6-7H,4-5H2,1-3H3;5-6,14H,3-4H2,1-2H3;5-6H,3-4H2,1-2H3,(H,11,12)(H,13,14);5-6H,3-4H2,1-2H3;;/q;;;;2*+1/p-2/t6-,7+,10+,11-;3*5-,6+,9+,10-;;. The second-order valence-corrected chi connectivity index (χ2v) is 19.7. The van der Waals surface area contributed by atoms with Crippen molar-refractivity contribution in [3.63, 3.8) is 0 Å². The molecule has 11 heterocycles. The summed E-state index contributed by atoms with van der Waals surface area (Å²) in [5, 5.41) is 32.0. The van der Waals surface area contributed by atoms with Crippen molar-refractivity contribution in [3.8, 4) is 0 Å². The minimum atomic E-state index is -1.49. The Kier molecular flexibility index (Phi) is 11.8. The number of carbonyl (C=O) groups is 8. The number of ether oxygens (including phenoxy) is 5. The number of esters is 2. The van der Waals surface area contributed by atoms with Crippen LogP contribution in [0.4, 0.5) is 0 Å². The van der Waals surface area contributed by atoms with Gasteiger partial charge in [0.25, 0.3) is 11.8 Å². The van der Waals surface area contributed by atoms with Gasteiger partial charge in [-0.2, -0.15) is 5.06 Å². The molecule has 4 amide bonds. The first-order valence-electron chi connectivity index (χ1n) is 20.5. The number of rotatable bonds is 2. The zero-order valence-corrected chi connectivity index (χ0v) is 40.7. The Morgan fingerprint density at radius 3 is 0.984 bits per heavy atom. The van der Waals surface area contributed by atoms with Gasteiger partial charge in [-0.3, -0.25) is 38.9 Å². The first kappa shape index (κ1) is 48.6. The van der Waals surface area contributed by atoms with Crippen molar-refractivity contribution < 1.29 is 137 Å². The molecule has 11 rings (SSSR count). The van der Waals surface area contributed by atoms with Crippen LogP contribution in [-0.4, -0.2) is 119 Å². The third-order valence-corrected chi connectivity index (χ3v) is 18.2. The normalized spacial score (nSPS) is 50.5. The number of amides is 4. The number of hydrogen-bond donors (Lipinski definition) is 1. The first-order chi connectivity index (χ1) is 27.2. The number of carboxylic acid groups (broad SMARTS) is 2. The van der Waals surface area contributed by atoms with Crippen molar-refractivity contribution in [1.29, 1.82) is 0 Å². The van der Waals surface area contributed by atoms with E-state index < -0.39 is 91.2 Å². The molecule has 0 unspecified atom stereocenters. The number of hydrogen-bond acceptors (Lipinski definition) is 16. The van der Waals surface area contributed by atoms with Crippen LogP contribution in [0.1, 0.15) is 107 Å². The number of carbonyl (C=O) groups excluding carboxylic acids is 8.